The number of pyridine rings is 1. The highest BCUT2D eigenvalue weighted by atomic mass is 16.6. The van der Waals surface area contributed by atoms with Gasteiger partial charge >= 0.3 is 6.09 Å². The molecule has 2 amide bonds. The van der Waals surface area contributed by atoms with Gasteiger partial charge in [0.15, 0.2) is 5.69 Å². The number of anilines is 1. The molecular weight excluding hydrogens is 530 g/mol. The lowest BCUT2D eigenvalue weighted by Gasteiger charge is -2.34. The van der Waals surface area contributed by atoms with Gasteiger partial charge in [-0.3, -0.25) is 9.78 Å². The predicted octanol–water partition coefficient (Wildman–Crippen LogP) is 5.56. The van der Waals surface area contributed by atoms with Gasteiger partial charge in [-0.25, -0.2) is 9.48 Å². The fourth-order valence-corrected chi connectivity index (χ4v) is 5.04. The van der Waals surface area contributed by atoms with Crippen molar-refractivity contribution in [1.82, 2.24) is 30.2 Å². The number of nitrogens with zero attached hydrogens (tertiary/aromatic N) is 6. The molecule has 1 aliphatic rings. The minimum Gasteiger partial charge on any atom is -0.444 e. The summed E-state index contributed by atoms with van der Waals surface area (Å²) in [5.74, 6) is -0.252. The van der Waals surface area contributed by atoms with Crippen molar-refractivity contribution in [2.24, 2.45) is 0 Å². The van der Waals surface area contributed by atoms with Crippen molar-refractivity contribution in [2.45, 2.75) is 91.5 Å². The summed E-state index contributed by atoms with van der Waals surface area (Å²) in [5, 5.41) is 11.1. The van der Waals surface area contributed by atoms with E-state index in [4.69, 9.17) is 4.74 Å². The zero-order chi connectivity index (χ0) is 30.7. The zero-order valence-electron chi connectivity index (χ0n) is 26.3. The van der Waals surface area contributed by atoms with E-state index in [1.165, 1.54) is 0 Å². The Hall–Kier alpha value is -3.95. The molecule has 1 atom stereocenters. The number of hydrogen-bond donors (Lipinski definition) is 1. The first-order valence-corrected chi connectivity index (χ1v) is 14.7. The third-order valence-corrected chi connectivity index (χ3v) is 7.52. The van der Waals surface area contributed by atoms with Crippen LogP contribution < -0.4 is 10.2 Å². The van der Waals surface area contributed by atoms with Gasteiger partial charge in [-0.2, -0.15) is 0 Å². The van der Waals surface area contributed by atoms with Crippen molar-refractivity contribution in [2.75, 3.05) is 25.0 Å². The van der Waals surface area contributed by atoms with Crippen molar-refractivity contribution < 1.29 is 14.3 Å². The van der Waals surface area contributed by atoms with Gasteiger partial charge in [0.2, 0.25) is 0 Å². The smallest absolute Gasteiger partial charge is 0.410 e. The molecule has 4 rings (SSSR count). The van der Waals surface area contributed by atoms with Gasteiger partial charge in [-0.15, -0.1) is 5.10 Å². The van der Waals surface area contributed by atoms with Crippen molar-refractivity contribution >= 4 is 17.7 Å². The number of rotatable bonds is 6. The van der Waals surface area contributed by atoms with Crippen LogP contribution in [0.15, 0.2) is 42.9 Å². The molecule has 1 aromatic carbocycles. The van der Waals surface area contributed by atoms with Gasteiger partial charge in [0.1, 0.15) is 5.60 Å². The van der Waals surface area contributed by atoms with E-state index in [2.05, 4.69) is 50.6 Å². The van der Waals surface area contributed by atoms with Crippen LogP contribution in [0.1, 0.15) is 82.4 Å². The highest BCUT2D eigenvalue weighted by Crippen LogP contribution is 2.33. The lowest BCUT2D eigenvalue weighted by molar-refractivity contribution is 0.0222. The summed E-state index contributed by atoms with van der Waals surface area (Å²) in [6.07, 6.45) is 8.11. The number of aryl methyl sites for hydroxylation is 1. The molecule has 1 N–H and O–H groups in total. The molecule has 0 bridgehead atoms. The minimum atomic E-state index is -0.536. The Labute approximate surface area is 249 Å². The standard InChI is InChI=1S/C32H45N7O3/c1-22-17-23(12-13-24(22)18-34-29(40)27-21-39(36-35-27)31(2,3)4)26-14-15-33-19-28(26)38-16-10-9-11-25(20-38)37(8)30(41)42-32(5,6)7/h12-15,17,19,21,25H,9-11,16,18,20H2,1-8H3,(H,34,40)/t25-/m1/s1. The Morgan fingerprint density at radius 3 is 2.55 bits per heavy atom. The van der Waals surface area contributed by atoms with Gasteiger partial charge in [0, 0.05) is 38.4 Å². The van der Waals surface area contributed by atoms with E-state index in [1.54, 1.807) is 15.8 Å². The van der Waals surface area contributed by atoms with E-state index in [0.717, 1.165) is 53.7 Å². The summed E-state index contributed by atoms with van der Waals surface area (Å²) >= 11 is 0. The van der Waals surface area contributed by atoms with E-state index < -0.39 is 5.60 Å². The number of carbonyl (C=O) groups excluding carboxylic acids is 2. The van der Waals surface area contributed by atoms with E-state index in [0.29, 0.717) is 18.8 Å². The molecule has 10 heteroatoms. The highest BCUT2D eigenvalue weighted by Gasteiger charge is 2.29. The molecule has 226 valence electrons. The number of carbonyl (C=O) groups is 2. The van der Waals surface area contributed by atoms with Crippen LogP contribution in [0.2, 0.25) is 0 Å². The summed E-state index contributed by atoms with van der Waals surface area (Å²) in [7, 11) is 1.83. The molecule has 2 aromatic heterocycles. The number of aromatic nitrogens is 4. The van der Waals surface area contributed by atoms with Crippen LogP contribution in [0.25, 0.3) is 11.1 Å². The first-order valence-electron chi connectivity index (χ1n) is 14.7. The van der Waals surface area contributed by atoms with Crippen LogP contribution in [0, 0.1) is 6.92 Å². The van der Waals surface area contributed by atoms with Gasteiger partial charge in [-0.05, 0) is 90.5 Å². The molecule has 0 aliphatic carbocycles. The Bertz CT molecular complexity index is 1400. The normalized spacial score (nSPS) is 16.1. The fourth-order valence-electron chi connectivity index (χ4n) is 5.04. The summed E-state index contributed by atoms with van der Waals surface area (Å²) < 4.78 is 7.34. The maximum absolute atomic E-state index is 12.8. The van der Waals surface area contributed by atoms with E-state index >= 15 is 0 Å². The first-order chi connectivity index (χ1) is 19.7. The molecule has 3 aromatic rings. The topological polar surface area (TPSA) is 105 Å². The minimum absolute atomic E-state index is 0.0353. The number of ether oxygens (including phenoxy) is 1. The molecule has 0 spiro atoms. The van der Waals surface area contributed by atoms with E-state index in [9.17, 15) is 9.59 Å². The van der Waals surface area contributed by atoms with Crippen molar-refractivity contribution in [3.05, 3.63) is 59.7 Å². The molecule has 1 fully saturated rings. The third-order valence-electron chi connectivity index (χ3n) is 7.52. The third kappa shape index (κ3) is 7.66. The molecule has 0 saturated carbocycles. The molecule has 1 aliphatic heterocycles. The van der Waals surface area contributed by atoms with Gasteiger partial charge in [-0.1, -0.05) is 23.4 Å². The summed E-state index contributed by atoms with van der Waals surface area (Å²) in [6.45, 7) is 15.7. The first kappa shape index (κ1) is 31.0. The second kappa shape index (κ2) is 12.5. The molecule has 0 radical (unpaired) electrons. The monoisotopic (exact) mass is 575 g/mol. The van der Waals surface area contributed by atoms with Crippen LogP contribution in [0.5, 0.6) is 0 Å². The van der Waals surface area contributed by atoms with Crippen LogP contribution in [-0.2, 0) is 16.8 Å². The Balaban J connectivity index is 1.49. The second-order valence-corrected chi connectivity index (χ2v) is 13.1. The Morgan fingerprint density at radius 2 is 1.88 bits per heavy atom. The van der Waals surface area contributed by atoms with Crippen LogP contribution >= 0.6 is 0 Å². The molecule has 0 unspecified atom stereocenters. The summed E-state index contributed by atoms with van der Waals surface area (Å²) in [6, 6.07) is 8.38. The van der Waals surface area contributed by atoms with Crippen LogP contribution in [0.3, 0.4) is 0 Å². The number of nitrogens with one attached hydrogen (secondary N) is 1. The summed E-state index contributed by atoms with van der Waals surface area (Å²) in [5.41, 5.74) is 4.83. The lowest BCUT2D eigenvalue weighted by Crippen LogP contribution is -2.46. The lowest BCUT2D eigenvalue weighted by atomic mass is 9.99. The molecule has 10 nitrogen and oxygen atoms in total. The molecular formula is C32H45N7O3. The highest BCUT2D eigenvalue weighted by molar-refractivity contribution is 5.91. The Kier molecular flexibility index (Phi) is 9.23. The van der Waals surface area contributed by atoms with Gasteiger partial charge in [0.25, 0.3) is 5.91 Å². The summed E-state index contributed by atoms with van der Waals surface area (Å²) in [4.78, 5) is 34.1. The molecule has 1 saturated heterocycles. The van der Waals surface area contributed by atoms with Crippen molar-refractivity contribution in [3.63, 3.8) is 0 Å². The average molecular weight is 576 g/mol. The SMILES string of the molecule is Cc1cc(-c2ccncc2N2CCCC[C@@H](N(C)C(=O)OC(C)(C)C)C2)ccc1CNC(=O)c1cn(C(C)(C)C)nn1. The number of hydrogen-bond acceptors (Lipinski definition) is 7. The van der Waals surface area contributed by atoms with E-state index in [-0.39, 0.29) is 23.6 Å². The van der Waals surface area contributed by atoms with E-state index in [1.807, 2.05) is 67.1 Å². The average Bonchev–Trinajstić information content (AvgIpc) is 3.31. The number of likely N-dealkylation sites (N-methyl/N-ethyl adjacent to an activating group) is 1. The van der Waals surface area contributed by atoms with Crippen LogP contribution in [0.4, 0.5) is 10.5 Å². The zero-order valence-corrected chi connectivity index (χ0v) is 26.3. The largest absolute Gasteiger partial charge is 0.444 e. The number of amides is 2. The fraction of sp³-hybridized carbons (Fsp3) is 0.531. The van der Waals surface area contributed by atoms with Gasteiger partial charge in [0.05, 0.1) is 29.7 Å². The molecule has 3 heterocycles. The quantitative estimate of drug-likeness (QED) is 0.410. The Morgan fingerprint density at radius 1 is 1.12 bits per heavy atom. The van der Waals surface area contributed by atoms with Crippen molar-refractivity contribution in [3.8, 4) is 11.1 Å². The maximum atomic E-state index is 12.8. The van der Waals surface area contributed by atoms with Crippen LogP contribution in [-0.4, -0.2) is 68.7 Å². The van der Waals surface area contributed by atoms with Gasteiger partial charge < -0.3 is 19.9 Å². The molecule has 42 heavy (non-hydrogen) atoms. The second-order valence-electron chi connectivity index (χ2n) is 13.1. The van der Waals surface area contributed by atoms with Crippen molar-refractivity contribution in [1.29, 1.82) is 0 Å². The maximum Gasteiger partial charge on any atom is 0.410 e. The predicted molar refractivity (Wildman–Crippen MR) is 164 cm³/mol. The number of benzene rings is 1.